The summed E-state index contributed by atoms with van der Waals surface area (Å²) in [6, 6.07) is 5.65. The lowest BCUT2D eigenvalue weighted by Crippen LogP contribution is -2.14. The quantitative estimate of drug-likeness (QED) is 0.542. The van der Waals surface area contributed by atoms with Gasteiger partial charge < -0.3 is 14.4 Å². The molecule has 0 aliphatic heterocycles. The van der Waals surface area contributed by atoms with Crippen molar-refractivity contribution in [1.82, 2.24) is 29.3 Å². The summed E-state index contributed by atoms with van der Waals surface area (Å²) in [5.74, 6) is 1.13. The summed E-state index contributed by atoms with van der Waals surface area (Å²) in [4.78, 5) is 14.3. The second kappa shape index (κ2) is 7.63. The molecular weight excluding hydrogens is 368 g/mol. The largest absolute Gasteiger partial charge is 0.480 e. The first-order valence-corrected chi connectivity index (χ1v) is 9.59. The number of ether oxygens (including phenoxy) is 1. The lowest BCUT2D eigenvalue weighted by Gasteiger charge is -2.13. The molecule has 0 radical (unpaired) electrons. The number of hydrogen-bond donors (Lipinski definition) is 1. The summed E-state index contributed by atoms with van der Waals surface area (Å²) in [5.41, 5.74) is 4.87. The molecule has 0 aliphatic carbocycles. The molecular formula is C21H24N6O2. The zero-order valence-corrected chi connectivity index (χ0v) is 17.0. The highest BCUT2D eigenvalue weighted by molar-refractivity contribution is 5.80. The van der Waals surface area contributed by atoms with Crippen molar-refractivity contribution < 1.29 is 9.84 Å². The molecule has 0 bridgehead atoms. The van der Waals surface area contributed by atoms with Crippen molar-refractivity contribution in [2.45, 2.75) is 39.8 Å². The van der Waals surface area contributed by atoms with Crippen molar-refractivity contribution in [1.29, 1.82) is 0 Å². The van der Waals surface area contributed by atoms with E-state index in [9.17, 15) is 5.11 Å². The molecule has 0 spiro atoms. The molecule has 0 aromatic carbocycles. The SMILES string of the molecule is CC[C@@H](O)Cn1cc(C)c2nc(-c3ccc(-n4cccn4)nc3OC)c(C)nc21. The molecule has 4 aromatic heterocycles. The molecule has 0 saturated heterocycles. The fourth-order valence-corrected chi connectivity index (χ4v) is 3.38. The maximum atomic E-state index is 10.1. The van der Waals surface area contributed by atoms with Crippen LogP contribution in [0.1, 0.15) is 24.6 Å². The van der Waals surface area contributed by atoms with Crippen LogP contribution in [0.15, 0.2) is 36.8 Å². The van der Waals surface area contributed by atoms with E-state index in [0.29, 0.717) is 24.7 Å². The molecule has 1 atom stereocenters. The van der Waals surface area contributed by atoms with Gasteiger partial charge in [-0.25, -0.2) is 14.6 Å². The highest BCUT2D eigenvalue weighted by Gasteiger charge is 2.18. The summed E-state index contributed by atoms with van der Waals surface area (Å²) in [5, 5.41) is 14.3. The zero-order valence-electron chi connectivity index (χ0n) is 17.0. The number of pyridine rings is 1. The number of methoxy groups -OCH3 is 1. The van der Waals surface area contributed by atoms with E-state index < -0.39 is 6.10 Å². The lowest BCUT2D eigenvalue weighted by molar-refractivity contribution is 0.151. The fraction of sp³-hybridized carbons (Fsp3) is 0.333. The number of aryl methyl sites for hydroxylation is 2. The van der Waals surface area contributed by atoms with E-state index in [2.05, 4.69) is 10.1 Å². The Balaban J connectivity index is 1.82. The zero-order chi connectivity index (χ0) is 20.5. The third kappa shape index (κ3) is 3.47. The van der Waals surface area contributed by atoms with E-state index in [1.165, 1.54) is 0 Å². The van der Waals surface area contributed by atoms with Crippen LogP contribution in [0.5, 0.6) is 5.88 Å². The van der Waals surface area contributed by atoms with Crippen molar-refractivity contribution >= 4 is 11.2 Å². The van der Waals surface area contributed by atoms with Gasteiger partial charge in [0.15, 0.2) is 11.5 Å². The molecule has 8 heteroatoms. The molecule has 0 amide bonds. The summed E-state index contributed by atoms with van der Waals surface area (Å²) < 4.78 is 9.20. The first-order valence-electron chi connectivity index (χ1n) is 9.59. The monoisotopic (exact) mass is 392 g/mol. The molecule has 150 valence electrons. The van der Waals surface area contributed by atoms with Crippen LogP contribution in [0, 0.1) is 13.8 Å². The number of rotatable bonds is 6. The van der Waals surface area contributed by atoms with Crippen LogP contribution in [0.4, 0.5) is 0 Å². The topological polar surface area (TPSA) is 90.9 Å². The van der Waals surface area contributed by atoms with E-state index in [-0.39, 0.29) is 0 Å². The number of aromatic nitrogens is 6. The van der Waals surface area contributed by atoms with E-state index in [4.69, 9.17) is 14.7 Å². The maximum Gasteiger partial charge on any atom is 0.224 e. The van der Waals surface area contributed by atoms with Gasteiger partial charge in [0.2, 0.25) is 5.88 Å². The first kappa shape index (κ1) is 19.1. The Morgan fingerprint density at radius 3 is 2.69 bits per heavy atom. The minimum atomic E-state index is -0.411. The Labute approximate surface area is 168 Å². The number of aliphatic hydroxyl groups is 1. The number of aliphatic hydroxyl groups excluding tert-OH is 1. The molecule has 29 heavy (non-hydrogen) atoms. The van der Waals surface area contributed by atoms with Crippen molar-refractivity contribution in [2.24, 2.45) is 0 Å². The van der Waals surface area contributed by atoms with Gasteiger partial charge in [0.05, 0.1) is 36.7 Å². The Morgan fingerprint density at radius 1 is 1.17 bits per heavy atom. The minimum Gasteiger partial charge on any atom is -0.480 e. The molecule has 0 unspecified atom stereocenters. The average molecular weight is 392 g/mol. The smallest absolute Gasteiger partial charge is 0.224 e. The van der Waals surface area contributed by atoms with Gasteiger partial charge in [0.1, 0.15) is 5.52 Å². The highest BCUT2D eigenvalue weighted by Crippen LogP contribution is 2.31. The normalized spacial score (nSPS) is 12.4. The fourth-order valence-electron chi connectivity index (χ4n) is 3.38. The standard InChI is InChI=1S/C21H24N6O2/c1-5-15(28)12-26-11-13(2)18-20(26)23-14(3)19(25-18)16-7-8-17(24-21(16)29-4)27-10-6-9-22-27/h6-11,15,28H,5,12H2,1-4H3/t15-/m1/s1. The van der Waals surface area contributed by atoms with Gasteiger partial charge in [0, 0.05) is 18.6 Å². The number of hydrogen-bond acceptors (Lipinski definition) is 6. The van der Waals surface area contributed by atoms with Gasteiger partial charge >= 0.3 is 0 Å². The van der Waals surface area contributed by atoms with Gasteiger partial charge in [-0.05, 0) is 44.0 Å². The average Bonchev–Trinajstić information content (AvgIpc) is 3.36. The lowest BCUT2D eigenvalue weighted by atomic mass is 10.1. The van der Waals surface area contributed by atoms with Crippen LogP contribution in [0.3, 0.4) is 0 Å². The van der Waals surface area contributed by atoms with Crippen molar-refractivity contribution in [2.75, 3.05) is 7.11 Å². The molecule has 0 saturated carbocycles. The summed E-state index contributed by atoms with van der Waals surface area (Å²) >= 11 is 0. The van der Waals surface area contributed by atoms with Gasteiger partial charge in [0.25, 0.3) is 0 Å². The predicted octanol–water partition coefficient (Wildman–Crippen LogP) is 3.08. The van der Waals surface area contributed by atoms with Crippen LogP contribution >= 0.6 is 0 Å². The van der Waals surface area contributed by atoms with Gasteiger partial charge in [-0.1, -0.05) is 6.92 Å². The summed E-state index contributed by atoms with van der Waals surface area (Å²) in [7, 11) is 1.59. The van der Waals surface area contributed by atoms with Gasteiger partial charge in [-0.15, -0.1) is 0 Å². The van der Waals surface area contributed by atoms with Crippen molar-refractivity contribution in [3.63, 3.8) is 0 Å². The van der Waals surface area contributed by atoms with E-state index in [1.54, 1.807) is 18.0 Å². The van der Waals surface area contributed by atoms with Crippen molar-refractivity contribution in [3.05, 3.63) is 48.0 Å². The molecule has 0 aliphatic rings. The number of fused-ring (bicyclic) bond motifs is 1. The molecule has 4 aromatic rings. The van der Waals surface area contributed by atoms with Gasteiger partial charge in [-0.2, -0.15) is 10.1 Å². The minimum absolute atomic E-state index is 0.411. The highest BCUT2D eigenvalue weighted by atomic mass is 16.5. The van der Waals surface area contributed by atoms with Crippen LogP contribution in [-0.4, -0.2) is 47.6 Å². The Kier molecular flexibility index (Phi) is 5.02. The summed E-state index contributed by atoms with van der Waals surface area (Å²) in [6.07, 6.45) is 5.80. The molecule has 8 nitrogen and oxygen atoms in total. The van der Waals surface area contributed by atoms with Crippen LogP contribution in [0.25, 0.3) is 28.2 Å². The van der Waals surface area contributed by atoms with Gasteiger partial charge in [-0.3, -0.25) is 0 Å². The predicted molar refractivity (Wildman–Crippen MR) is 110 cm³/mol. The van der Waals surface area contributed by atoms with E-state index in [1.807, 2.05) is 55.9 Å². The third-order valence-corrected chi connectivity index (χ3v) is 4.96. The Bertz CT molecular complexity index is 1150. The Hall–Kier alpha value is -3.26. The van der Waals surface area contributed by atoms with Crippen LogP contribution in [0.2, 0.25) is 0 Å². The Morgan fingerprint density at radius 2 is 2.00 bits per heavy atom. The molecule has 0 fully saturated rings. The van der Waals surface area contributed by atoms with Crippen molar-refractivity contribution in [3.8, 4) is 23.0 Å². The third-order valence-electron chi connectivity index (χ3n) is 4.96. The van der Waals surface area contributed by atoms with E-state index >= 15 is 0 Å². The second-order valence-corrected chi connectivity index (χ2v) is 7.03. The molecule has 4 rings (SSSR count). The van der Waals surface area contributed by atoms with Crippen LogP contribution in [-0.2, 0) is 6.54 Å². The molecule has 1 N–H and O–H groups in total. The first-order chi connectivity index (χ1) is 14.0. The second-order valence-electron chi connectivity index (χ2n) is 7.03. The molecule has 4 heterocycles. The maximum absolute atomic E-state index is 10.1. The van der Waals surface area contributed by atoms with E-state index in [0.717, 1.165) is 33.7 Å². The number of nitrogens with zero attached hydrogens (tertiary/aromatic N) is 6. The summed E-state index contributed by atoms with van der Waals surface area (Å²) in [6.45, 7) is 6.38. The van der Waals surface area contributed by atoms with Crippen LogP contribution < -0.4 is 4.74 Å².